The summed E-state index contributed by atoms with van der Waals surface area (Å²) in [6.45, 7) is 0.737. The molecule has 2 unspecified atom stereocenters. The average Bonchev–Trinajstić information content (AvgIpc) is 2.79. The molecular formula is C15H20ClN3O2. The average molecular weight is 310 g/mol. The summed E-state index contributed by atoms with van der Waals surface area (Å²) in [5, 5.41) is 14.9. The van der Waals surface area contributed by atoms with Crippen LogP contribution in [-0.4, -0.2) is 35.0 Å². The maximum atomic E-state index is 10.7. The number of nitro benzene ring substituents is 1. The van der Waals surface area contributed by atoms with Gasteiger partial charge in [0.2, 0.25) is 0 Å². The highest BCUT2D eigenvalue weighted by Crippen LogP contribution is 2.31. The summed E-state index contributed by atoms with van der Waals surface area (Å²) < 4.78 is 0. The van der Waals surface area contributed by atoms with Crippen LogP contribution in [0.2, 0.25) is 5.02 Å². The van der Waals surface area contributed by atoms with Crippen LogP contribution in [0.4, 0.5) is 5.69 Å². The van der Waals surface area contributed by atoms with Crippen molar-refractivity contribution in [2.75, 3.05) is 7.05 Å². The number of nitrogens with one attached hydrogen (secondary N) is 1. The van der Waals surface area contributed by atoms with Gasteiger partial charge in [0.25, 0.3) is 5.69 Å². The molecule has 2 aliphatic heterocycles. The lowest BCUT2D eigenvalue weighted by Crippen LogP contribution is -2.46. The van der Waals surface area contributed by atoms with Gasteiger partial charge in [0, 0.05) is 36.8 Å². The van der Waals surface area contributed by atoms with E-state index in [1.807, 2.05) is 0 Å². The number of rotatable bonds is 4. The van der Waals surface area contributed by atoms with Gasteiger partial charge in [-0.3, -0.25) is 15.0 Å². The van der Waals surface area contributed by atoms with E-state index in [0.717, 1.165) is 12.1 Å². The molecule has 0 spiro atoms. The van der Waals surface area contributed by atoms with Gasteiger partial charge in [0.15, 0.2) is 0 Å². The number of halogens is 1. The van der Waals surface area contributed by atoms with Crippen LogP contribution in [0, 0.1) is 10.1 Å². The molecule has 1 aromatic carbocycles. The Labute approximate surface area is 129 Å². The lowest BCUT2D eigenvalue weighted by Gasteiger charge is -2.35. The molecule has 21 heavy (non-hydrogen) atoms. The molecular weight excluding hydrogens is 290 g/mol. The Morgan fingerprint density at radius 3 is 2.62 bits per heavy atom. The number of hydrogen-bond donors (Lipinski definition) is 1. The first-order chi connectivity index (χ1) is 10.0. The van der Waals surface area contributed by atoms with E-state index in [-0.39, 0.29) is 5.69 Å². The lowest BCUT2D eigenvalue weighted by atomic mass is 9.98. The molecule has 2 aliphatic rings. The molecule has 0 aliphatic carbocycles. The first-order valence-electron chi connectivity index (χ1n) is 7.42. The molecule has 2 fully saturated rings. The van der Waals surface area contributed by atoms with Crippen molar-refractivity contribution in [3.63, 3.8) is 0 Å². The lowest BCUT2D eigenvalue weighted by molar-refractivity contribution is -0.384. The summed E-state index contributed by atoms with van der Waals surface area (Å²) in [5.41, 5.74) is 1.00. The second kappa shape index (κ2) is 5.91. The van der Waals surface area contributed by atoms with Crippen LogP contribution in [0.25, 0.3) is 0 Å². The molecule has 1 N–H and O–H groups in total. The third-order valence-electron chi connectivity index (χ3n) is 4.74. The monoisotopic (exact) mass is 309 g/mol. The standard InChI is InChI=1S/C15H20ClN3O2/c1-18(14-6-11-3-4-12(7-14)17-11)9-10-2-5-13(19(20)21)8-15(10)16/h2,5,8,11-12,14,17H,3-4,6-7,9H2,1H3. The highest BCUT2D eigenvalue weighted by molar-refractivity contribution is 6.31. The van der Waals surface area contributed by atoms with E-state index >= 15 is 0 Å². The van der Waals surface area contributed by atoms with Crippen molar-refractivity contribution < 1.29 is 4.92 Å². The quantitative estimate of drug-likeness (QED) is 0.686. The van der Waals surface area contributed by atoms with Crippen molar-refractivity contribution in [1.82, 2.24) is 10.2 Å². The van der Waals surface area contributed by atoms with Gasteiger partial charge in [-0.25, -0.2) is 0 Å². The third kappa shape index (κ3) is 3.20. The molecule has 2 atom stereocenters. The maximum Gasteiger partial charge on any atom is 0.270 e. The Kier molecular flexibility index (Phi) is 4.15. The second-order valence-corrected chi connectivity index (χ2v) is 6.62. The highest BCUT2D eigenvalue weighted by Gasteiger charge is 2.35. The van der Waals surface area contributed by atoms with Crippen LogP contribution in [0.15, 0.2) is 18.2 Å². The van der Waals surface area contributed by atoms with E-state index < -0.39 is 4.92 Å². The Balaban J connectivity index is 1.67. The number of benzene rings is 1. The largest absolute Gasteiger partial charge is 0.311 e. The summed E-state index contributed by atoms with van der Waals surface area (Å²) in [6, 6.07) is 6.62. The molecule has 0 saturated carbocycles. The second-order valence-electron chi connectivity index (χ2n) is 6.21. The Morgan fingerprint density at radius 1 is 1.38 bits per heavy atom. The van der Waals surface area contributed by atoms with E-state index in [9.17, 15) is 10.1 Å². The van der Waals surface area contributed by atoms with Crippen molar-refractivity contribution in [2.24, 2.45) is 0 Å². The zero-order valence-electron chi connectivity index (χ0n) is 12.1. The molecule has 5 nitrogen and oxygen atoms in total. The van der Waals surface area contributed by atoms with Crippen LogP contribution >= 0.6 is 11.6 Å². The molecule has 0 amide bonds. The number of nitro groups is 1. The number of hydrogen-bond acceptors (Lipinski definition) is 4. The number of fused-ring (bicyclic) bond motifs is 2. The van der Waals surface area contributed by atoms with Gasteiger partial charge in [-0.05, 0) is 44.4 Å². The van der Waals surface area contributed by atoms with Crippen LogP contribution < -0.4 is 5.32 Å². The fourth-order valence-electron chi connectivity index (χ4n) is 3.56. The van der Waals surface area contributed by atoms with Crippen LogP contribution in [0.3, 0.4) is 0 Å². The zero-order chi connectivity index (χ0) is 15.0. The summed E-state index contributed by atoms with van der Waals surface area (Å²) >= 11 is 6.18. The van der Waals surface area contributed by atoms with Gasteiger partial charge in [0.05, 0.1) is 9.95 Å². The number of nitrogens with zero attached hydrogens (tertiary/aromatic N) is 2. The van der Waals surface area contributed by atoms with E-state index in [1.54, 1.807) is 6.07 Å². The maximum absolute atomic E-state index is 10.7. The van der Waals surface area contributed by atoms with E-state index in [0.29, 0.717) is 23.1 Å². The number of piperidine rings is 1. The molecule has 2 heterocycles. The predicted molar refractivity (Wildman–Crippen MR) is 82.5 cm³/mol. The molecule has 0 radical (unpaired) electrons. The summed E-state index contributed by atoms with van der Waals surface area (Å²) in [5.74, 6) is 0. The van der Waals surface area contributed by atoms with Gasteiger partial charge in [-0.1, -0.05) is 11.6 Å². The SMILES string of the molecule is CN(Cc1ccc([N+](=O)[O-])cc1Cl)C1CC2CCC(C1)N2. The molecule has 2 saturated heterocycles. The van der Waals surface area contributed by atoms with Gasteiger partial charge in [-0.15, -0.1) is 0 Å². The Bertz CT molecular complexity index is 540. The van der Waals surface area contributed by atoms with E-state index in [4.69, 9.17) is 11.6 Å². The fourth-order valence-corrected chi connectivity index (χ4v) is 3.80. The molecule has 6 heteroatoms. The summed E-state index contributed by atoms with van der Waals surface area (Å²) in [6.07, 6.45) is 4.93. The minimum Gasteiger partial charge on any atom is -0.311 e. The normalized spacial score (nSPS) is 28.0. The highest BCUT2D eigenvalue weighted by atomic mass is 35.5. The smallest absolute Gasteiger partial charge is 0.270 e. The minimum atomic E-state index is -0.413. The van der Waals surface area contributed by atoms with Crippen molar-refractivity contribution in [3.8, 4) is 0 Å². The first kappa shape index (κ1) is 14.8. The topological polar surface area (TPSA) is 58.4 Å². The third-order valence-corrected chi connectivity index (χ3v) is 5.09. The molecule has 2 bridgehead atoms. The number of non-ortho nitro benzene ring substituents is 1. The van der Waals surface area contributed by atoms with Crippen LogP contribution in [-0.2, 0) is 6.54 Å². The molecule has 3 rings (SSSR count). The predicted octanol–water partition coefficient (Wildman–Crippen LogP) is 2.96. The Hall–Kier alpha value is -1.17. The van der Waals surface area contributed by atoms with Crippen molar-refractivity contribution in [2.45, 2.75) is 50.4 Å². The minimum absolute atomic E-state index is 0.0475. The van der Waals surface area contributed by atoms with Crippen molar-refractivity contribution in [3.05, 3.63) is 38.9 Å². The molecule has 1 aromatic rings. The zero-order valence-corrected chi connectivity index (χ0v) is 12.8. The molecule has 0 aromatic heterocycles. The Morgan fingerprint density at radius 2 is 2.05 bits per heavy atom. The first-order valence-corrected chi connectivity index (χ1v) is 7.80. The van der Waals surface area contributed by atoms with Crippen LogP contribution in [0.1, 0.15) is 31.2 Å². The van der Waals surface area contributed by atoms with E-state index in [1.165, 1.54) is 37.8 Å². The molecule has 114 valence electrons. The fraction of sp³-hybridized carbons (Fsp3) is 0.600. The van der Waals surface area contributed by atoms with E-state index in [2.05, 4.69) is 17.3 Å². The van der Waals surface area contributed by atoms with Gasteiger partial charge in [0.1, 0.15) is 0 Å². The van der Waals surface area contributed by atoms with Gasteiger partial charge < -0.3 is 5.32 Å². The van der Waals surface area contributed by atoms with Crippen molar-refractivity contribution in [1.29, 1.82) is 0 Å². The summed E-state index contributed by atoms with van der Waals surface area (Å²) in [4.78, 5) is 12.7. The summed E-state index contributed by atoms with van der Waals surface area (Å²) in [7, 11) is 2.12. The van der Waals surface area contributed by atoms with Crippen LogP contribution in [0.5, 0.6) is 0 Å². The van der Waals surface area contributed by atoms with Crippen molar-refractivity contribution >= 4 is 17.3 Å². The van der Waals surface area contributed by atoms with Gasteiger partial charge >= 0.3 is 0 Å². The van der Waals surface area contributed by atoms with Gasteiger partial charge in [-0.2, -0.15) is 0 Å².